The number of likely N-dealkylation sites (N-methyl/N-ethyl adjacent to an activating group) is 2. The summed E-state index contributed by atoms with van der Waals surface area (Å²) < 4.78 is 0. The van der Waals surface area contributed by atoms with Gasteiger partial charge in [0, 0.05) is 17.9 Å². The molecule has 0 aromatic heterocycles. The molecule has 0 aliphatic carbocycles. The second-order valence-electron chi connectivity index (χ2n) is 7.71. The molecule has 1 atom stereocenters. The van der Waals surface area contributed by atoms with Crippen molar-refractivity contribution in [3.05, 3.63) is 59.2 Å². The number of rotatable bonds is 5. The van der Waals surface area contributed by atoms with E-state index in [0.717, 1.165) is 17.8 Å². The molecule has 1 aliphatic heterocycles. The predicted molar refractivity (Wildman–Crippen MR) is 112 cm³/mol. The Morgan fingerprint density at radius 1 is 1.11 bits per heavy atom. The van der Waals surface area contributed by atoms with Crippen LogP contribution >= 0.6 is 0 Å². The van der Waals surface area contributed by atoms with Crippen LogP contribution < -0.4 is 10.6 Å². The zero-order chi connectivity index (χ0) is 20.3. The molecule has 1 heterocycles. The Kier molecular flexibility index (Phi) is 6.11. The van der Waals surface area contributed by atoms with Gasteiger partial charge in [-0.3, -0.25) is 14.5 Å². The van der Waals surface area contributed by atoms with Crippen molar-refractivity contribution in [3.63, 3.8) is 0 Å². The Labute approximate surface area is 166 Å². The maximum atomic E-state index is 13.0. The molecular formula is C22H28N4O2. The van der Waals surface area contributed by atoms with Gasteiger partial charge in [0.25, 0.3) is 0 Å². The largest absolute Gasteiger partial charge is 0.325 e. The molecule has 2 aromatic rings. The fourth-order valence-electron chi connectivity index (χ4n) is 3.48. The van der Waals surface area contributed by atoms with Gasteiger partial charge in [-0.05, 0) is 63.3 Å². The normalized spacial score (nSPS) is 16.5. The molecule has 3 rings (SSSR count). The van der Waals surface area contributed by atoms with Crippen LogP contribution in [-0.4, -0.2) is 55.3 Å². The topological polar surface area (TPSA) is 64.7 Å². The van der Waals surface area contributed by atoms with Crippen LogP contribution in [-0.2, 0) is 22.6 Å². The number of nitrogens with zero attached hydrogens (tertiary/aromatic N) is 2. The number of fused-ring (bicyclic) bond motifs is 1. The van der Waals surface area contributed by atoms with E-state index in [1.165, 1.54) is 11.1 Å². The lowest BCUT2D eigenvalue weighted by Crippen LogP contribution is -2.45. The molecule has 28 heavy (non-hydrogen) atoms. The summed E-state index contributed by atoms with van der Waals surface area (Å²) in [6.07, 6.45) is 0.691. The molecule has 2 N–H and O–H groups in total. The van der Waals surface area contributed by atoms with Crippen molar-refractivity contribution in [2.75, 3.05) is 38.3 Å². The zero-order valence-corrected chi connectivity index (χ0v) is 17.0. The standard InChI is InChI=1S/C22H28N4O2/c1-15-9-10-18(23-21(27)14-25(2)3)12-19(15)24-22(28)20-11-16-7-5-6-8-17(16)13-26(20)4/h5-10,12,20H,11,13-14H2,1-4H3,(H,23,27)(H,24,28). The van der Waals surface area contributed by atoms with Gasteiger partial charge in [0.1, 0.15) is 0 Å². The summed E-state index contributed by atoms with van der Waals surface area (Å²) >= 11 is 0. The predicted octanol–water partition coefficient (Wildman–Crippen LogP) is 2.49. The average Bonchev–Trinajstić information content (AvgIpc) is 2.63. The van der Waals surface area contributed by atoms with Crippen molar-refractivity contribution in [2.24, 2.45) is 0 Å². The SMILES string of the molecule is Cc1ccc(NC(=O)CN(C)C)cc1NC(=O)C1Cc2ccccc2CN1C. The highest BCUT2D eigenvalue weighted by atomic mass is 16.2. The molecule has 0 saturated carbocycles. The number of carbonyl (C=O) groups excluding carboxylic acids is 2. The van der Waals surface area contributed by atoms with Gasteiger partial charge in [-0.2, -0.15) is 0 Å². The highest BCUT2D eigenvalue weighted by Crippen LogP contribution is 2.25. The summed E-state index contributed by atoms with van der Waals surface area (Å²) in [5, 5.41) is 5.93. The van der Waals surface area contributed by atoms with Gasteiger partial charge >= 0.3 is 0 Å². The Morgan fingerprint density at radius 2 is 1.82 bits per heavy atom. The van der Waals surface area contributed by atoms with Crippen molar-refractivity contribution >= 4 is 23.2 Å². The summed E-state index contributed by atoms with van der Waals surface area (Å²) in [4.78, 5) is 28.9. The van der Waals surface area contributed by atoms with Crippen LogP contribution in [0, 0.1) is 6.92 Å². The average molecular weight is 380 g/mol. The van der Waals surface area contributed by atoms with Gasteiger partial charge in [0.15, 0.2) is 0 Å². The van der Waals surface area contributed by atoms with E-state index in [1.54, 1.807) is 0 Å². The molecule has 0 fully saturated rings. The van der Waals surface area contributed by atoms with Crippen LogP contribution in [0.3, 0.4) is 0 Å². The van der Waals surface area contributed by atoms with E-state index in [-0.39, 0.29) is 17.9 Å². The molecule has 6 nitrogen and oxygen atoms in total. The lowest BCUT2D eigenvalue weighted by atomic mass is 9.94. The summed E-state index contributed by atoms with van der Waals surface area (Å²) in [5.41, 5.74) is 4.85. The molecule has 0 spiro atoms. The summed E-state index contributed by atoms with van der Waals surface area (Å²) in [5.74, 6) is -0.119. The molecule has 0 saturated heterocycles. The van der Waals surface area contributed by atoms with Crippen LogP contribution in [0.4, 0.5) is 11.4 Å². The van der Waals surface area contributed by atoms with Gasteiger partial charge in [0.05, 0.1) is 12.6 Å². The van der Waals surface area contributed by atoms with E-state index in [1.807, 2.05) is 63.3 Å². The minimum atomic E-state index is -0.221. The van der Waals surface area contributed by atoms with Crippen molar-refractivity contribution < 1.29 is 9.59 Å². The van der Waals surface area contributed by atoms with Crippen LogP contribution in [0.25, 0.3) is 0 Å². The van der Waals surface area contributed by atoms with E-state index in [4.69, 9.17) is 0 Å². The number of anilines is 2. The number of hydrogen-bond acceptors (Lipinski definition) is 4. The van der Waals surface area contributed by atoms with Gasteiger partial charge in [-0.1, -0.05) is 30.3 Å². The quantitative estimate of drug-likeness (QED) is 0.837. The summed E-state index contributed by atoms with van der Waals surface area (Å²) in [7, 11) is 5.67. The maximum absolute atomic E-state index is 13.0. The summed E-state index contributed by atoms with van der Waals surface area (Å²) in [6.45, 7) is 3.01. The summed E-state index contributed by atoms with van der Waals surface area (Å²) in [6, 6.07) is 13.6. The number of hydrogen-bond donors (Lipinski definition) is 2. The van der Waals surface area contributed by atoms with Gasteiger partial charge < -0.3 is 15.5 Å². The van der Waals surface area contributed by atoms with E-state index < -0.39 is 0 Å². The third-order valence-electron chi connectivity index (χ3n) is 5.03. The van der Waals surface area contributed by atoms with Crippen LogP contribution in [0.15, 0.2) is 42.5 Å². The van der Waals surface area contributed by atoms with Crippen molar-refractivity contribution in [1.82, 2.24) is 9.80 Å². The molecule has 0 bridgehead atoms. The van der Waals surface area contributed by atoms with Gasteiger partial charge in [-0.15, -0.1) is 0 Å². The second kappa shape index (κ2) is 8.54. The molecular weight excluding hydrogens is 352 g/mol. The smallest absolute Gasteiger partial charge is 0.242 e. The Bertz CT molecular complexity index is 879. The zero-order valence-electron chi connectivity index (χ0n) is 17.0. The number of carbonyl (C=O) groups is 2. The molecule has 1 aliphatic rings. The molecule has 2 aromatic carbocycles. The number of benzene rings is 2. The van der Waals surface area contributed by atoms with Crippen molar-refractivity contribution in [3.8, 4) is 0 Å². The van der Waals surface area contributed by atoms with Crippen molar-refractivity contribution in [1.29, 1.82) is 0 Å². The van der Waals surface area contributed by atoms with E-state index in [0.29, 0.717) is 18.7 Å². The maximum Gasteiger partial charge on any atom is 0.242 e. The second-order valence-corrected chi connectivity index (χ2v) is 7.71. The third-order valence-corrected chi connectivity index (χ3v) is 5.03. The first kappa shape index (κ1) is 20.0. The molecule has 6 heteroatoms. The fourth-order valence-corrected chi connectivity index (χ4v) is 3.48. The number of nitrogens with one attached hydrogen (secondary N) is 2. The lowest BCUT2D eigenvalue weighted by Gasteiger charge is -2.33. The number of amides is 2. The highest BCUT2D eigenvalue weighted by molar-refractivity contribution is 5.97. The molecule has 0 radical (unpaired) electrons. The molecule has 2 amide bonds. The first-order valence-corrected chi connectivity index (χ1v) is 9.46. The Balaban J connectivity index is 1.71. The van der Waals surface area contributed by atoms with Gasteiger partial charge in [0.2, 0.25) is 11.8 Å². The lowest BCUT2D eigenvalue weighted by molar-refractivity contribution is -0.121. The first-order chi connectivity index (χ1) is 13.3. The molecule has 1 unspecified atom stereocenters. The Hall–Kier alpha value is -2.70. The van der Waals surface area contributed by atoms with E-state index >= 15 is 0 Å². The van der Waals surface area contributed by atoms with E-state index in [2.05, 4.69) is 27.7 Å². The van der Waals surface area contributed by atoms with Crippen LogP contribution in [0.5, 0.6) is 0 Å². The van der Waals surface area contributed by atoms with Crippen molar-refractivity contribution in [2.45, 2.75) is 25.9 Å². The van der Waals surface area contributed by atoms with Crippen LogP contribution in [0.1, 0.15) is 16.7 Å². The minimum Gasteiger partial charge on any atom is -0.325 e. The Morgan fingerprint density at radius 3 is 2.54 bits per heavy atom. The molecule has 148 valence electrons. The van der Waals surface area contributed by atoms with E-state index in [9.17, 15) is 9.59 Å². The minimum absolute atomic E-state index is 0.0307. The highest BCUT2D eigenvalue weighted by Gasteiger charge is 2.29. The number of aryl methyl sites for hydroxylation is 1. The third kappa shape index (κ3) is 4.77. The monoisotopic (exact) mass is 380 g/mol. The van der Waals surface area contributed by atoms with Crippen LogP contribution in [0.2, 0.25) is 0 Å². The fraction of sp³-hybridized carbons (Fsp3) is 0.364. The van der Waals surface area contributed by atoms with Gasteiger partial charge in [-0.25, -0.2) is 0 Å². The first-order valence-electron chi connectivity index (χ1n) is 9.46.